The third kappa shape index (κ3) is 5.08. The Morgan fingerprint density at radius 2 is 1.84 bits per heavy atom. The fourth-order valence-corrected chi connectivity index (χ4v) is 2.42. The first-order valence-electron chi connectivity index (χ1n) is 6.38. The summed E-state index contributed by atoms with van der Waals surface area (Å²) in [7, 11) is 0. The molecule has 4 nitrogen and oxygen atoms in total. The maximum absolute atomic E-state index is 12.8. The van der Waals surface area contributed by atoms with Gasteiger partial charge < -0.3 is 10.4 Å². The molecule has 2 atom stereocenters. The molecule has 0 bridgehead atoms. The number of amides is 1. The van der Waals surface area contributed by atoms with Gasteiger partial charge >= 0.3 is 12.1 Å². The Labute approximate surface area is 109 Å². The molecule has 0 radical (unpaired) electrons. The highest BCUT2D eigenvalue weighted by molar-refractivity contribution is 5.79. The highest BCUT2D eigenvalue weighted by atomic mass is 19.4. The summed E-state index contributed by atoms with van der Waals surface area (Å²) in [5.74, 6) is -4.19. The average Bonchev–Trinajstić information content (AvgIpc) is 2.33. The van der Waals surface area contributed by atoms with Gasteiger partial charge in [0.15, 0.2) is 0 Å². The smallest absolute Gasteiger partial charge is 0.392 e. The van der Waals surface area contributed by atoms with Crippen LogP contribution in [-0.2, 0) is 9.59 Å². The molecule has 0 saturated heterocycles. The van der Waals surface area contributed by atoms with E-state index in [2.05, 4.69) is 5.32 Å². The van der Waals surface area contributed by atoms with Crippen molar-refractivity contribution in [3.63, 3.8) is 0 Å². The topological polar surface area (TPSA) is 66.4 Å². The summed E-state index contributed by atoms with van der Waals surface area (Å²) in [6.07, 6.45) is -2.86. The van der Waals surface area contributed by atoms with Crippen molar-refractivity contribution in [2.45, 2.75) is 44.7 Å². The molecular weight excluding hydrogens is 263 g/mol. The van der Waals surface area contributed by atoms with Crippen LogP contribution in [0.25, 0.3) is 0 Å². The van der Waals surface area contributed by atoms with Gasteiger partial charge in [-0.3, -0.25) is 9.59 Å². The fraction of sp³-hybridized carbons (Fsp3) is 0.833. The van der Waals surface area contributed by atoms with Crippen molar-refractivity contribution < 1.29 is 27.9 Å². The molecule has 0 heterocycles. The van der Waals surface area contributed by atoms with E-state index in [1.54, 1.807) is 0 Å². The Balaban J connectivity index is 2.46. The number of alkyl halides is 3. The molecular formula is C12H18F3NO3. The van der Waals surface area contributed by atoms with E-state index >= 15 is 0 Å². The zero-order chi connectivity index (χ0) is 14.5. The van der Waals surface area contributed by atoms with Gasteiger partial charge in [-0.15, -0.1) is 0 Å². The molecule has 0 spiro atoms. The lowest BCUT2D eigenvalue weighted by atomic mass is 9.78. The van der Waals surface area contributed by atoms with Crippen LogP contribution in [0.5, 0.6) is 0 Å². The van der Waals surface area contributed by atoms with Gasteiger partial charge in [-0.1, -0.05) is 12.8 Å². The van der Waals surface area contributed by atoms with Crippen LogP contribution >= 0.6 is 0 Å². The highest BCUT2D eigenvalue weighted by Gasteiger charge is 2.47. The Kier molecular flexibility index (Phi) is 5.62. The first kappa shape index (κ1) is 15.8. The van der Waals surface area contributed by atoms with Gasteiger partial charge in [0, 0.05) is 18.9 Å². The fourth-order valence-electron chi connectivity index (χ4n) is 2.42. The molecule has 0 aromatic heterocycles. The SMILES string of the molecule is O=C(O)CCCNC(=O)C1CCCCC1C(F)(F)F. The summed E-state index contributed by atoms with van der Waals surface area (Å²) in [5.41, 5.74) is 0. The van der Waals surface area contributed by atoms with Gasteiger partial charge in [-0.2, -0.15) is 13.2 Å². The zero-order valence-electron chi connectivity index (χ0n) is 10.5. The van der Waals surface area contributed by atoms with E-state index in [9.17, 15) is 22.8 Å². The quantitative estimate of drug-likeness (QED) is 0.760. The molecule has 1 saturated carbocycles. The lowest BCUT2D eigenvalue weighted by molar-refractivity contribution is -0.198. The number of nitrogens with one attached hydrogen (secondary N) is 1. The van der Waals surface area contributed by atoms with Gasteiger partial charge in [0.2, 0.25) is 5.91 Å². The van der Waals surface area contributed by atoms with Crippen LogP contribution in [0.15, 0.2) is 0 Å². The van der Waals surface area contributed by atoms with Crippen LogP contribution in [-0.4, -0.2) is 29.7 Å². The average molecular weight is 281 g/mol. The molecule has 0 aromatic rings. The molecule has 0 aromatic carbocycles. The van der Waals surface area contributed by atoms with E-state index in [0.717, 1.165) is 0 Å². The van der Waals surface area contributed by atoms with Crippen LogP contribution in [0.3, 0.4) is 0 Å². The monoisotopic (exact) mass is 281 g/mol. The second kappa shape index (κ2) is 6.77. The van der Waals surface area contributed by atoms with E-state index in [-0.39, 0.29) is 32.2 Å². The minimum atomic E-state index is -4.34. The first-order valence-corrected chi connectivity index (χ1v) is 6.38. The number of carbonyl (C=O) groups excluding carboxylic acids is 1. The number of halogens is 3. The molecule has 2 unspecified atom stereocenters. The maximum atomic E-state index is 12.8. The van der Waals surface area contributed by atoms with Gasteiger partial charge in [0.25, 0.3) is 0 Å². The molecule has 110 valence electrons. The van der Waals surface area contributed by atoms with Crippen molar-refractivity contribution in [1.29, 1.82) is 0 Å². The van der Waals surface area contributed by atoms with Crippen LogP contribution in [0.4, 0.5) is 13.2 Å². The molecule has 1 rings (SSSR count). The minimum Gasteiger partial charge on any atom is -0.481 e. The molecule has 1 aliphatic carbocycles. The highest BCUT2D eigenvalue weighted by Crippen LogP contribution is 2.41. The number of carbonyl (C=O) groups is 2. The summed E-state index contributed by atoms with van der Waals surface area (Å²) < 4.78 is 38.4. The Hall–Kier alpha value is -1.27. The number of hydrogen-bond acceptors (Lipinski definition) is 2. The molecule has 1 aliphatic rings. The van der Waals surface area contributed by atoms with Crippen LogP contribution < -0.4 is 5.32 Å². The molecule has 0 aliphatic heterocycles. The molecule has 1 fully saturated rings. The van der Waals surface area contributed by atoms with Gasteiger partial charge in [0.1, 0.15) is 0 Å². The lowest BCUT2D eigenvalue weighted by Gasteiger charge is -2.31. The van der Waals surface area contributed by atoms with E-state index in [0.29, 0.717) is 12.8 Å². The van der Waals surface area contributed by atoms with Crippen molar-refractivity contribution in [3.05, 3.63) is 0 Å². The molecule has 7 heteroatoms. The number of aliphatic carboxylic acids is 1. The van der Waals surface area contributed by atoms with Crippen molar-refractivity contribution in [2.24, 2.45) is 11.8 Å². The van der Waals surface area contributed by atoms with E-state index in [4.69, 9.17) is 5.11 Å². The maximum Gasteiger partial charge on any atom is 0.392 e. The summed E-state index contributed by atoms with van der Waals surface area (Å²) >= 11 is 0. The van der Waals surface area contributed by atoms with Crippen molar-refractivity contribution >= 4 is 11.9 Å². The normalized spacial score (nSPS) is 23.9. The molecule has 19 heavy (non-hydrogen) atoms. The van der Waals surface area contributed by atoms with Crippen molar-refractivity contribution in [2.75, 3.05) is 6.54 Å². The van der Waals surface area contributed by atoms with Crippen LogP contribution in [0.2, 0.25) is 0 Å². The van der Waals surface area contributed by atoms with Gasteiger partial charge in [-0.25, -0.2) is 0 Å². The second-order valence-corrected chi connectivity index (χ2v) is 4.83. The van der Waals surface area contributed by atoms with Gasteiger partial charge in [-0.05, 0) is 19.3 Å². The Morgan fingerprint density at radius 1 is 1.21 bits per heavy atom. The summed E-state index contributed by atoms with van der Waals surface area (Å²) in [4.78, 5) is 22.0. The summed E-state index contributed by atoms with van der Waals surface area (Å²) in [6.45, 7) is 0.103. The lowest BCUT2D eigenvalue weighted by Crippen LogP contribution is -2.42. The van der Waals surface area contributed by atoms with Gasteiger partial charge in [0.05, 0.1) is 5.92 Å². The molecule has 2 N–H and O–H groups in total. The predicted molar refractivity (Wildman–Crippen MR) is 61.4 cm³/mol. The second-order valence-electron chi connectivity index (χ2n) is 4.83. The van der Waals surface area contributed by atoms with E-state index in [1.807, 2.05) is 0 Å². The zero-order valence-corrected chi connectivity index (χ0v) is 10.5. The van der Waals surface area contributed by atoms with Crippen LogP contribution in [0.1, 0.15) is 38.5 Å². The minimum absolute atomic E-state index is 0.00326. The van der Waals surface area contributed by atoms with Crippen LogP contribution in [0, 0.1) is 11.8 Å². The number of hydrogen-bond donors (Lipinski definition) is 2. The molecule has 1 amide bonds. The van der Waals surface area contributed by atoms with E-state index in [1.165, 1.54) is 0 Å². The standard InChI is InChI=1S/C12H18F3NO3/c13-12(14,15)9-5-2-1-4-8(9)11(19)16-7-3-6-10(17)18/h8-9H,1-7H2,(H,16,19)(H,17,18). The Morgan fingerprint density at radius 3 is 2.42 bits per heavy atom. The largest absolute Gasteiger partial charge is 0.481 e. The Bertz CT molecular complexity index is 331. The number of carboxylic acid groups (broad SMARTS) is 1. The van der Waals surface area contributed by atoms with Crippen molar-refractivity contribution in [3.8, 4) is 0 Å². The van der Waals surface area contributed by atoms with Crippen molar-refractivity contribution in [1.82, 2.24) is 5.32 Å². The predicted octanol–water partition coefficient (Wildman–Crippen LogP) is 2.34. The van der Waals surface area contributed by atoms with E-state index < -0.39 is 29.9 Å². The summed E-state index contributed by atoms with van der Waals surface area (Å²) in [6, 6.07) is 0. The summed E-state index contributed by atoms with van der Waals surface area (Å²) in [5, 5.41) is 10.8. The third-order valence-corrected chi connectivity index (χ3v) is 3.39. The first-order chi connectivity index (χ1) is 8.82. The third-order valence-electron chi connectivity index (χ3n) is 3.39. The number of rotatable bonds is 5. The number of carboxylic acids is 1.